The van der Waals surface area contributed by atoms with Gasteiger partial charge in [-0.1, -0.05) is 12.1 Å². The number of carbonyl (C=O) groups is 1. The van der Waals surface area contributed by atoms with Crippen molar-refractivity contribution in [2.24, 2.45) is 0 Å². The standard InChI is InChI=1S/C18H22N4O3/c1-24-15-7-5-14(6-8-15)12-21-18(23)22-11-2-4-16(13-22)25-17-19-9-3-10-20-17/h3,5-10,16H,2,4,11-13H2,1H3,(H,21,23). The third-order valence-electron chi connectivity index (χ3n) is 4.08. The molecular formula is C18H22N4O3. The van der Waals surface area contributed by atoms with Crippen LogP contribution in [0.3, 0.4) is 0 Å². The Morgan fingerprint density at radius 2 is 2.04 bits per heavy atom. The van der Waals surface area contributed by atoms with Gasteiger partial charge in [-0.3, -0.25) is 0 Å². The van der Waals surface area contributed by atoms with Crippen LogP contribution in [-0.4, -0.2) is 47.2 Å². The summed E-state index contributed by atoms with van der Waals surface area (Å²) in [4.78, 5) is 22.3. The van der Waals surface area contributed by atoms with Crippen molar-refractivity contribution in [1.82, 2.24) is 20.2 Å². The van der Waals surface area contributed by atoms with Gasteiger partial charge < -0.3 is 19.7 Å². The van der Waals surface area contributed by atoms with Crippen LogP contribution in [0, 0.1) is 0 Å². The van der Waals surface area contributed by atoms with Gasteiger partial charge in [0.1, 0.15) is 11.9 Å². The highest BCUT2D eigenvalue weighted by molar-refractivity contribution is 5.74. The minimum absolute atomic E-state index is 0.0807. The average Bonchev–Trinajstić information content (AvgIpc) is 2.67. The van der Waals surface area contributed by atoms with Crippen LogP contribution in [-0.2, 0) is 6.54 Å². The zero-order chi connectivity index (χ0) is 17.5. The zero-order valence-corrected chi connectivity index (χ0v) is 14.2. The predicted molar refractivity (Wildman–Crippen MR) is 92.5 cm³/mol. The van der Waals surface area contributed by atoms with Crippen LogP contribution < -0.4 is 14.8 Å². The Bertz CT molecular complexity index is 678. The molecule has 0 spiro atoms. The number of urea groups is 1. The molecule has 0 bridgehead atoms. The summed E-state index contributed by atoms with van der Waals surface area (Å²) in [5, 5.41) is 2.95. The number of rotatable bonds is 5. The molecule has 3 rings (SSSR count). The highest BCUT2D eigenvalue weighted by atomic mass is 16.5. The predicted octanol–water partition coefficient (Wildman–Crippen LogP) is 2.24. The Balaban J connectivity index is 1.49. The smallest absolute Gasteiger partial charge is 0.317 e. The third kappa shape index (κ3) is 4.82. The molecule has 1 aromatic carbocycles. The van der Waals surface area contributed by atoms with Gasteiger partial charge in [0.05, 0.1) is 13.7 Å². The van der Waals surface area contributed by atoms with Gasteiger partial charge >= 0.3 is 12.0 Å². The Hall–Kier alpha value is -2.83. The number of likely N-dealkylation sites (tertiary alicyclic amines) is 1. The number of piperidine rings is 1. The van der Waals surface area contributed by atoms with E-state index in [0.29, 0.717) is 19.1 Å². The van der Waals surface area contributed by atoms with Crippen LogP contribution in [0.5, 0.6) is 11.8 Å². The summed E-state index contributed by atoms with van der Waals surface area (Å²) in [7, 11) is 1.63. The molecule has 0 aliphatic carbocycles. The van der Waals surface area contributed by atoms with Crippen molar-refractivity contribution < 1.29 is 14.3 Å². The number of methoxy groups -OCH3 is 1. The monoisotopic (exact) mass is 342 g/mol. The van der Waals surface area contributed by atoms with Crippen LogP contribution in [0.15, 0.2) is 42.7 Å². The Kier molecular flexibility index (Phi) is 5.66. The number of nitrogens with one attached hydrogen (secondary N) is 1. The second-order valence-corrected chi connectivity index (χ2v) is 5.87. The van der Waals surface area contributed by atoms with E-state index < -0.39 is 0 Å². The minimum Gasteiger partial charge on any atom is -0.497 e. The number of amides is 2. The first-order chi connectivity index (χ1) is 12.2. The lowest BCUT2D eigenvalue weighted by molar-refractivity contribution is 0.0938. The molecule has 132 valence electrons. The fourth-order valence-electron chi connectivity index (χ4n) is 2.75. The molecule has 2 heterocycles. The molecule has 25 heavy (non-hydrogen) atoms. The number of benzene rings is 1. The van der Waals surface area contributed by atoms with Gasteiger partial charge in [-0.25, -0.2) is 14.8 Å². The van der Waals surface area contributed by atoms with Gasteiger partial charge in [-0.15, -0.1) is 0 Å². The average molecular weight is 342 g/mol. The normalized spacial score (nSPS) is 17.0. The van der Waals surface area contributed by atoms with E-state index in [0.717, 1.165) is 30.7 Å². The fraction of sp³-hybridized carbons (Fsp3) is 0.389. The van der Waals surface area contributed by atoms with Gasteiger partial charge in [0.25, 0.3) is 0 Å². The molecule has 1 aliphatic heterocycles. The van der Waals surface area contributed by atoms with E-state index in [1.165, 1.54) is 0 Å². The largest absolute Gasteiger partial charge is 0.497 e. The highest BCUT2D eigenvalue weighted by Crippen LogP contribution is 2.15. The van der Waals surface area contributed by atoms with Crippen molar-refractivity contribution in [3.05, 3.63) is 48.3 Å². The van der Waals surface area contributed by atoms with Gasteiger partial charge in [0.2, 0.25) is 0 Å². The van der Waals surface area contributed by atoms with E-state index in [4.69, 9.17) is 9.47 Å². The van der Waals surface area contributed by atoms with Crippen molar-refractivity contribution in [3.8, 4) is 11.8 Å². The van der Waals surface area contributed by atoms with Gasteiger partial charge in [-0.2, -0.15) is 0 Å². The third-order valence-corrected chi connectivity index (χ3v) is 4.08. The number of carbonyl (C=O) groups excluding carboxylic acids is 1. The van der Waals surface area contributed by atoms with E-state index in [1.807, 2.05) is 24.3 Å². The summed E-state index contributed by atoms with van der Waals surface area (Å²) in [6, 6.07) is 9.65. The summed E-state index contributed by atoms with van der Waals surface area (Å²) in [5.74, 6) is 0.800. The molecular weight excluding hydrogens is 320 g/mol. The molecule has 2 amide bonds. The topological polar surface area (TPSA) is 76.6 Å². The first-order valence-corrected chi connectivity index (χ1v) is 8.34. The Morgan fingerprint density at radius 3 is 2.76 bits per heavy atom. The van der Waals surface area contributed by atoms with E-state index in [-0.39, 0.29) is 12.1 Å². The second-order valence-electron chi connectivity index (χ2n) is 5.87. The maximum Gasteiger partial charge on any atom is 0.317 e. The van der Waals surface area contributed by atoms with E-state index in [2.05, 4.69) is 15.3 Å². The summed E-state index contributed by atoms with van der Waals surface area (Å²) < 4.78 is 10.9. The quantitative estimate of drug-likeness (QED) is 0.902. The first kappa shape index (κ1) is 17.0. The van der Waals surface area contributed by atoms with Gasteiger partial charge in [0, 0.05) is 25.5 Å². The molecule has 1 fully saturated rings. The number of ether oxygens (including phenoxy) is 2. The second kappa shape index (κ2) is 8.32. The molecule has 1 aromatic heterocycles. The molecule has 1 aliphatic rings. The van der Waals surface area contributed by atoms with Crippen molar-refractivity contribution in [1.29, 1.82) is 0 Å². The number of nitrogens with zero attached hydrogens (tertiary/aromatic N) is 3. The molecule has 0 radical (unpaired) electrons. The van der Waals surface area contributed by atoms with E-state index in [1.54, 1.807) is 30.5 Å². The number of aromatic nitrogens is 2. The highest BCUT2D eigenvalue weighted by Gasteiger charge is 2.25. The molecule has 1 N–H and O–H groups in total. The van der Waals surface area contributed by atoms with Crippen LogP contribution in [0.2, 0.25) is 0 Å². The van der Waals surface area contributed by atoms with E-state index >= 15 is 0 Å². The minimum atomic E-state index is -0.0851. The lowest BCUT2D eigenvalue weighted by Gasteiger charge is -2.32. The van der Waals surface area contributed by atoms with Crippen LogP contribution in [0.1, 0.15) is 18.4 Å². The molecule has 1 saturated heterocycles. The molecule has 1 unspecified atom stereocenters. The zero-order valence-electron chi connectivity index (χ0n) is 14.2. The molecule has 1 atom stereocenters. The lowest BCUT2D eigenvalue weighted by Crippen LogP contribution is -2.48. The van der Waals surface area contributed by atoms with E-state index in [9.17, 15) is 4.79 Å². The van der Waals surface area contributed by atoms with Crippen LogP contribution in [0.25, 0.3) is 0 Å². The van der Waals surface area contributed by atoms with Gasteiger partial charge in [-0.05, 0) is 36.6 Å². The number of hydrogen-bond acceptors (Lipinski definition) is 5. The van der Waals surface area contributed by atoms with Crippen molar-refractivity contribution in [3.63, 3.8) is 0 Å². The number of hydrogen-bond donors (Lipinski definition) is 1. The fourth-order valence-corrected chi connectivity index (χ4v) is 2.75. The van der Waals surface area contributed by atoms with Crippen LogP contribution in [0.4, 0.5) is 4.79 Å². The molecule has 0 saturated carbocycles. The Labute approximate surface area is 147 Å². The maximum absolute atomic E-state index is 12.4. The van der Waals surface area contributed by atoms with Gasteiger partial charge in [0.15, 0.2) is 0 Å². The van der Waals surface area contributed by atoms with Crippen LogP contribution >= 0.6 is 0 Å². The maximum atomic E-state index is 12.4. The summed E-state index contributed by atoms with van der Waals surface area (Å²) in [6.07, 6.45) is 4.99. The molecule has 7 nitrogen and oxygen atoms in total. The summed E-state index contributed by atoms with van der Waals surface area (Å²) in [6.45, 7) is 1.74. The molecule has 7 heteroatoms. The summed E-state index contributed by atoms with van der Waals surface area (Å²) in [5.41, 5.74) is 1.02. The summed E-state index contributed by atoms with van der Waals surface area (Å²) >= 11 is 0. The Morgan fingerprint density at radius 1 is 1.28 bits per heavy atom. The van der Waals surface area contributed by atoms with Crippen molar-refractivity contribution >= 4 is 6.03 Å². The first-order valence-electron chi connectivity index (χ1n) is 8.34. The van der Waals surface area contributed by atoms with Crippen molar-refractivity contribution in [2.45, 2.75) is 25.5 Å². The van der Waals surface area contributed by atoms with Crippen molar-refractivity contribution in [2.75, 3.05) is 20.2 Å². The molecule has 2 aromatic rings. The SMILES string of the molecule is COc1ccc(CNC(=O)N2CCCC(Oc3ncccn3)C2)cc1. The lowest BCUT2D eigenvalue weighted by atomic mass is 10.1.